The zero-order chi connectivity index (χ0) is 23.7. The summed E-state index contributed by atoms with van der Waals surface area (Å²) in [4.78, 5) is 24.8. The highest BCUT2D eigenvalue weighted by atomic mass is 32.2. The molecule has 9 heteroatoms. The average molecular weight is 474 g/mol. The van der Waals surface area contributed by atoms with Gasteiger partial charge in [-0.05, 0) is 49.8 Å². The molecule has 0 saturated heterocycles. The Morgan fingerprint density at radius 3 is 2.30 bits per heavy atom. The Bertz CT molecular complexity index is 1040. The Labute approximate surface area is 195 Å². The van der Waals surface area contributed by atoms with Gasteiger partial charge in [0.2, 0.25) is 21.8 Å². The molecular weight excluding hydrogens is 442 g/mol. The lowest BCUT2D eigenvalue weighted by Crippen LogP contribution is -2.41. The molecule has 0 heterocycles. The van der Waals surface area contributed by atoms with E-state index in [1.54, 1.807) is 37.4 Å². The lowest BCUT2D eigenvalue weighted by Gasteiger charge is -2.27. The molecule has 3 rings (SSSR count). The van der Waals surface area contributed by atoms with Gasteiger partial charge < -0.3 is 15.4 Å². The number of hydrogen-bond donors (Lipinski definition) is 3. The fourth-order valence-corrected chi connectivity index (χ4v) is 5.09. The Morgan fingerprint density at radius 2 is 1.61 bits per heavy atom. The van der Waals surface area contributed by atoms with Crippen LogP contribution in [0.5, 0.6) is 5.75 Å². The van der Waals surface area contributed by atoms with E-state index >= 15 is 0 Å². The van der Waals surface area contributed by atoms with E-state index in [0.717, 1.165) is 18.4 Å². The van der Waals surface area contributed by atoms with Crippen LogP contribution in [0.1, 0.15) is 31.2 Å². The van der Waals surface area contributed by atoms with Crippen LogP contribution in [0, 0.1) is 11.8 Å². The molecule has 1 aliphatic rings. The molecule has 2 aromatic rings. The van der Waals surface area contributed by atoms with Gasteiger partial charge in [-0.2, -0.15) is 0 Å². The van der Waals surface area contributed by atoms with E-state index in [2.05, 4.69) is 15.4 Å². The normalized spacial score (nSPS) is 18.3. The van der Waals surface area contributed by atoms with Gasteiger partial charge in [-0.25, -0.2) is 13.1 Å². The van der Waals surface area contributed by atoms with Gasteiger partial charge in [-0.3, -0.25) is 9.59 Å². The smallest absolute Gasteiger partial charge is 0.240 e. The molecule has 33 heavy (non-hydrogen) atoms. The number of hydrogen-bond acceptors (Lipinski definition) is 5. The predicted octanol–water partition coefficient (Wildman–Crippen LogP) is 2.21. The highest BCUT2D eigenvalue weighted by molar-refractivity contribution is 7.89. The van der Waals surface area contributed by atoms with Gasteiger partial charge in [0.25, 0.3) is 0 Å². The first kappa shape index (κ1) is 24.7. The number of carbonyl (C=O) groups is 2. The van der Waals surface area contributed by atoms with Gasteiger partial charge in [0.15, 0.2) is 0 Å². The first-order valence-corrected chi connectivity index (χ1v) is 12.6. The summed E-state index contributed by atoms with van der Waals surface area (Å²) < 4.78 is 32.6. The Balaban J connectivity index is 1.36. The molecule has 0 bridgehead atoms. The molecule has 2 aromatic carbocycles. The maximum absolute atomic E-state index is 12.5. The summed E-state index contributed by atoms with van der Waals surface area (Å²) in [5.41, 5.74) is 0.862. The van der Waals surface area contributed by atoms with Crippen LogP contribution in [0.3, 0.4) is 0 Å². The maximum Gasteiger partial charge on any atom is 0.240 e. The Morgan fingerprint density at radius 1 is 0.939 bits per heavy atom. The topological polar surface area (TPSA) is 114 Å². The number of benzene rings is 2. The van der Waals surface area contributed by atoms with Crippen molar-refractivity contribution in [3.8, 4) is 5.75 Å². The summed E-state index contributed by atoms with van der Waals surface area (Å²) in [7, 11) is -1.94. The summed E-state index contributed by atoms with van der Waals surface area (Å²) in [6.45, 7) is 0.602. The molecule has 1 saturated carbocycles. The number of carbonyl (C=O) groups excluding carboxylic acids is 2. The van der Waals surface area contributed by atoms with Gasteiger partial charge in [-0.1, -0.05) is 36.4 Å². The highest BCUT2D eigenvalue weighted by Crippen LogP contribution is 2.28. The maximum atomic E-state index is 12.5. The zero-order valence-electron chi connectivity index (χ0n) is 18.8. The van der Waals surface area contributed by atoms with Crippen molar-refractivity contribution in [2.75, 3.05) is 20.2 Å². The molecule has 178 valence electrons. The largest absolute Gasteiger partial charge is 0.496 e. The van der Waals surface area contributed by atoms with Crippen LogP contribution >= 0.6 is 0 Å². The fraction of sp³-hybridized carbons (Fsp3) is 0.417. The van der Waals surface area contributed by atoms with Crippen LogP contribution in [0.25, 0.3) is 0 Å². The van der Waals surface area contributed by atoms with Crippen molar-refractivity contribution in [3.05, 3.63) is 60.2 Å². The molecule has 8 nitrogen and oxygen atoms in total. The second kappa shape index (κ2) is 11.8. The van der Waals surface area contributed by atoms with Gasteiger partial charge in [0, 0.05) is 24.6 Å². The van der Waals surface area contributed by atoms with E-state index in [9.17, 15) is 18.0 Å². The summed E-state index contributed by atoms with van der Waals surface area (Å²) in [5, 5.41) is 5.50. The number of sulfonamides is 1. The molecule has 3 N–H and O–H groups in total. The van der Waals surface area contributed by atoms with E-state index < -0.39 is 10.0 Å². The monoisotopic (exact) mass is 473 g/mol. The summed E-state index contributed by atoms with van der Waals surface area (Å²) in [6.07, 6.45) is 2.86. The fourth-order valence-electron chi connectivity index (χ4n) is 3.96. The number of nitrogens with one attached hydrogen (secondary N) is 3. The lowest BCUT2D eigenvalue weighted by molar-refractivity contribution is -0.129. The number of para-hydroxylation sites is 1. The molecular formula is C24H31N3O5S. The van der Waals surface area contributed by atoms with E-state index in [4.69, 9.17) is 4.74 Å². The minimum absolute atomic E-state index is 0.0786. The van der Waals surface area contributed by atoms with Crippen molar-refractivity contribution >= 4 is 21.8 Å². The number of ether oxygens (including phenoxy) is 1. The van der Waals surface area contributed by atoms with Crippen molar-refractivity contribution in [1.82, 2.24) is 15.4 Å². The van der Waals surface area contributed by atoms with Crippen molar-refractivity contribution in [1.29, 1.82) is 0 Å². The van der Waals surface area contributed by atoms with Gasteiger partial charge in [0.05, 0.1) is 18.6 Å². The summed E-state index contributed by atoms with van der Waals surface area (Å²) in [5.74, 6) is 0.333. The van der Waals surface area contributed by atoms with Gasteiger partial charge >= 0.3 is 0 Å². The predicted molar refractivity (Wildman–Crippen MR) is 125 cm³/mol. The molecule has 0 atom stereocenters. The molecule has 0 unspecified atom stereocenters. The number of methoxy groups -OCH3 is 1. The third-order valence-corrected chi connectivity index (χ3v) is 7.36. The molecule has 2 amide bonds. The van der Waals surface area contributed by atoms with Crippen LogP contribution < -0.4 is 20.1 Å². The van der Waals surface area contributed by atoms with Crippen LogP contribution in [0.2, 0.25) is 0 Å². The highest BCUT2D eigenvalue weighted by Gasteiger charge is 2.27. The minimum atomic E-state index is -3.52. The third kappa shape index (κ3) is 7.30. The zero-order valence-corrected chi connectivity index (χ0v) is 19.6. The molecule has 0 aromatic heterocycles. The molecule has 0 aliphatic heterocycles. The van der Waals surface area contributed by atoms with Crippen LogP contribution in [0.15, 0.2) is 59.5 Å². The standard InChI is InChI=1S/C24H31N3O5S/c1-32-22-10-6-5-7-20(22)16-25-23(28)17-26-24(29)19-13-11-18(12-14-19)15-27-33(30,31)21-8-3-2-4-9-21/h2-10,18-19,27H,11-17H2,1H3,(H,25,28)(H,26,29). The van der Waals surface area contributed by atoms with Crippen LogP contribution in [0.4, 0.5) is 0 Å². The van der Waals surface area contributed by atoms with E-state index in [-0.39, 0.29) is 35.1 Å². The third-order valence-electron chi connectivity index (χ3n) is 5.92. The first-order valence-electron chi connectivity index (χ1n) is 11.1. The van der Waals surface area contributed by atoms with Gasteiger partial charge in [-0.15, -0.1) is 0 Å². The van der Waals surface area contributed by atoms with Crippen molar-refractivity contribution in [3.63, 3.8) is 0 Å². The van der Waals surface area contributed by atoms with E-state index in [1.165, 1.54) is 0 Å². The Kier molecular flexibility index (Phi) is 8.85. The van der Waals surface area contributed by atoms with E-state index in [1.807, 2.05) is 24.3 Å². The van der Waals surface area contributed by atoms with Crippen molar-refractivity contribution < 1.29 is 22.7 Å². The van der Waals surface area contributed by atoms with Crippen LogP contribution in [-0.2, 0) is 26.2 Å². The Hall–Kier alpha value is -2.91. The SMILES string of the molecule is COc1ccccc1CNC(=O)CNC(=O)C1CCC(CNS(=O)(=O)c2ccccc2)CC1. The van der Waals surface area contributed by atoms with E-state index in [0.29, 0.717) is 31.7 Å². The molecule has 0 spiro atoms. The molecule has 1 fully saturated rings. The molecule has 0 radical (unpaired) electrons. The minimum Gasteiger partial charge on any atom is -0.496 e. The summed E-state index contributed by atoms with van der Waals surface area (Å²) in [6, 6.07) is 15.7. The van der Waals surface area contributed by atoms with Crippen LogP contribution in [-0.4, -0.2) is 40.4 Å². The molecule has 1 aliphatic carbocycles. The number of amides is 2. The second-order valence-electron chi connectivity index (χ2n) is 8.19. The second-order valence-corrected chi connectivity index (χ2v) is 9.96. The first-order chi connectivity index (χ1) is 15.9. The average Bonchev–Trinajstić information content (AvgIpc) is 2.85. The van der Waals surface area contributed by atoms with Gasteiger partial charge in [0.1, 0.15) is 5.75 Å². The van der Waals surface area contributed by atoms with Crippen molar-refractivity contribution in [2.45, 2.75) is 37.1 Å². The lowest BCUT2D eigenvalue weighted by atomic mass is 9.81. The quantitative estimate of drug-likeness (QED) is 0.490. The number of rotatable bonds is 10. The summed E-state index contributed by atoms with van der Waals surface area (Å²) >= 11 is 0. The van der Waals surface area contributed by atoms with Crippen molar-refractivity contribution in [2.24, 2.45) is 11.8 Å².